The van der Waals surface area contributed by atoms with E-state index in [1.54, 1.807) is 13.0 Å². The first kappa shape index (κ1) is 14.9. The Hall–Kier alpha value is 0.530. The average molecular weight is 419 g/mol. The Kier molecular flexibility index (Phi) is 4.26. The van der Waals surface area contributed by atoms with Crippen molar-refractivity contribution in [3.8, 4) is 0 Å². The zero-order valence-corrected chi connectivity index (χ0v) is 14.5. The summed E-state index contributed by atoms with van der Waals surface area (Å²) >= 11 is 7.90. The normalized spacial score (nSPS) is 21.1. The second-order valence-corrected chi connectivity index (χ2v) is 10.2. The molecule has 1 N–H and O–H groups in total. The van der Waals surface area contributed by atoms with Crippen molar-refractivity contribution in [1.82, 2.24) is 4.31 Å². The predicted octanol–water partition coefficient (Wildman–Crippen LogP) is 2.81. The molecule has 0 aliphatic carbocycles. The van der Waals surface area contributed by atoms with Gasteiger partial charge in [0.25, 0.3) is 0 Å². The Bertz CT molecular complexity index is 543. The molecule has 0 radical (unpaired) electrons. The minimum absolute atomic E-state index is 0.293. The van der Waals surface area contributed by atoms with E-state index in [-0.39, 0.29) is 0 Å². The van der Waals surface area contributed by atoms with Crippen molar-refractivity contribution in [2.75, 3.05) is 13.1 Å². The molecule has 0 unspecified atom stereocenters. The molecule has 0 aromatic carbocycles. The van der Waals surface area contributed by atoms with Crippen LogP contribution in [0, 0.1) is 0 Å². The number of hydrogen-bond acceptors (Lipinski definition) is 4. The SMILES string of the molecule is CC1(O)CCN(S(=O)(=O)c2cc(Br)sc2Br)CC1. The minimum Gasteiger partial charge on any atom is -0.390 e. The summed E-state index contributed by atoms with van der Waals surface area (Å²) in [5.74, 6) is 0. The smallest absolute Gasteiger partial charge is 0.245 e. The zero-order chi connectivity index (χ0) is 13.6. The van der Waals surface area contributed by atoms with Gasteiger partial charge < -0.3 is 5.11 Å². The maximum atomic E-state index is 12.4. The standard InChI is InChI=1S/C10H13Br2NO3S2/c1-10(14)2-4-13(5-3-10)18(15,16)7-6-8(11)17-9(7)12/h6,14H,2-5H2,1H3. The van der Waals surface area contributed by atoms with Crippen molar-refractivity contribution in [2.45, 2.75) is 30.3 Å². The van der Waals surface area contributed by atoms with E-state index >= 15 is 0 Å². The van der Waals surface area contributed by atoms with Crippen LogP contribution >= 0.6 is 43.2 Å². The van der Waals surface area contributed by atoms with Crippen molar-refractivity contribution in [3.63, 3.8) is 0 Å². The van der Waals surface area contributed by atoms with Crippen LogP contribution in [0.15, 0.2) is 18.5 Å². The van der Waals surface area contributed by atoms with Crippen LogP contribution in [0.2, 0.25) is 0 Å². The van der Waals surface area contributed by atoms with Gasteiger partial charge in [-0.1, -0.05) is 0 Å². The van der Waals surface area contributed by atoms with Gasteiger partial charge >= 0.3 is 0 Å². The number of aliphatic hydroxyl groups is 1. The van der Waals surface area contributed by atoms with Gasteiger partial charge in [0, 0.05) is 13.1 Å². The van der Waals surface area contributed by atoms with Crippen molar-refractivity contribution in [3.05, 3.63) is 13.6 Å². The first-order chi connectivity index (χ1) is 8.22. The van der Waals surface area contributed by atoms with E-state index in [1.165, 1.54) is 15.6 Å². The molecule has 1 aromatic heterocycles. The molecular weight excluding hydrogens is 406 g/mol. The van der Waals surface area contributed by atoms with Crippen LogP contribution in [0.5, 0.6) is 0 Å². The summed E-state index contributed by atoms with van der Waals surface area (Å²) < 4.78 is 27.7. The maximum Gasteiger partial charge on any atom is 0.245 e. The number of halogens is 2. The summed E-state index contributed by atoms with van der Waals surface area (Å²) in [5, 5.41) is 9.85. The third kappa shape index (κ3) is 2.99. The van der Waals surface area contributed by atoms with E-state index in [1.807, 2.05) is 0 Å². The molecule has 0 spiro atoms. The molecule has 0 amide bonds. The van der Waals surface area contributed by atoms with Gasteiger partial charge in [-0.15, -0.1) is 11.3 Å². The van der Waals surface area contributed by atoms with Gasteiger partial charge in [0.15, 0.2) is 0 Å². The number of thiophene rings is 1. The topological polar surface area (TPSA) is 57.6 Å². The monoisotopic (exact) mass is 417 g/mol. The molecule has 1 fully saturated rings. The largest absolute Gasteiger partial charge is 0.390 e. The zero-order valence-electron chi connectivity index (χ0n) is 9.69. The quantitative estimate of drug-likeness (QED) is 0.803. The lowest BCUT2D eigenvalue weighted by Crippen LogP contribution is -2.45. The third-order valence-corrected chi connectivity index (χ3v) is 7.70. The number of piperidine rings is 1. The highest BCUT2D eigenvalue weighted by Gasteiger charge is 2.35. The van der Waals surface area contributed by atoms with E-state index in [9.17, 15) is 13.5 Å². The highest BCUT2D eigenvalue weighted by molar-refractivity contribution is 9.12. The third-order valence-electron chi connectivity index (χ3n) is 3.04. The van der Waals surface area contributed by atoms with Crippen molar-refractivity contribution >= 4 is 53.2 Å². The highest BCUT2D eigenvalue weighted by Crippen LogP contribution is 2.37. The number of sulfonamides is 1. The molecule has 2 rings (SSSR count). The van der Waals surface area contributed by atoms with Crippen molar-refractivity contribution < 1.29 is 13.5 Å². The van der Waals surface area contributed by atoms with E-state index in [4.69, 9.17) is 0 Å². The fraction of sp³-hybridized carbons (Fsp3) is 0.600. The van der Waals surface area contributed by atoms with Crippen LogP contribution in [0.3, 0.4) is 0 Å². The molecule has 4 nitrogen and oxygen atoms in total. The van der Waals surface area contributed by atoms with Gasteiger partial charge in [0.05, 0.1) is 13.2 Å². The van der Waals surface area contributed by atoms with Crippen LogP contribution in [0.1, 0.15) is 19.8 Å². The Morgan fingerprint density at radius 1 is 1.39 bits per heavy atom. The summed E-state index contributed by atoms with van der Waals surface area (Å²) in [7, 11) is -3.47. The van der Waals surface area contributed by atoms with E-state index in [0.717, 1.165) is 3.79 Å². The summed E-state index contributed by atoms with van der Waals surface area (Å²) in [6, 6.07) is 1.61. The van der Waals surface area contributed by atoms with Gasteiger partial charge in [0.1, 0.15) is 4.90 Å². The van der Waals surface area contributed by atoms with E-state index in [0.29, 0.717) is 34.6 Å². The summed E-state index contributed by atoms with van der Waals surface area (Å²) in [4.78, 5) is 0.293. The lowest BCUT2D eigenvalue weighted by atomic mass is 9.95. The molecule has 1 aliphatic rings. The van der Waals surface area contributed by atoms with Crippen LogP contribution in [0.4, 0.5) is 0 Å². The molecule has 2 heterocycles. The number of hydrogen-bond donors (Lipinski definition) is 1. The average Bonchev–Trinajstić information content (AvgIpc) is 2.58. The summed E-state index contributed by atoms with van der Waals surface area (Å²) in [6.45, 7) is 2.46. The van der Waals surface area contributed by atoms with Gasteiger partial charge in [0.2, 0.25) is 10.0 Å². The van der Waals surface area contributed by atoms with Gasteiger partial charge in [-0.25, -0.2) is 8.42 Å². The van der Waals surface area contributed by atoms with Gasteiger partial charge in [-0.2, -0.15) is 4.31 Å². The first-order valence-corrected chi connectivity index (χ1v) is 9.24. The second-order valence-electron chi connectivity index (χ2n) is 4.59. The fourth-order valence-electron chi connectivity index (χ4n) is 1.85. The van der Waals surface area contributed by atoms with E-state index < -0.39 is 15.6 Å². The molecular formula is C10H13Br2NO3S2. The number of nitrogens with zero attached hydrogens (tertiary/aromatic N) is 1. The first-order valence-electron chi connectivity index (χ1n) is 5.40. The Labute approximate surface area is 127 Å². The molecule has 8 heteroatoms. The minimum atomic E-state index is -3.47. The van der Waals surface area contributed by atoms with Crippen molar-refractivity contribution in [2.24, 2.45) is 0 Å². The second kappa shape index (κ2) is 5.14. The Morgan fingerprint density at radius 2 is 1.94 bits per heavy atom. The Balaban J connectivity index is 2.25. The lowest BCUT2D eigenvalue weighted by molar-refractivity contribution is 0.0126. The Morgan fingerprint density at radius 3 is 2.39 bits per heavy atom. The molecule has 102 valence electrons. The predicted molar refractivity (Wildman–Crippen MR) is 78.3 cm³/mol. The maximum absolute atomic E-state index is 12.4. The molecule has 1 saturated heterocycles. The fourth-order valence-corrected chi connectivity index (χ4v) is 7.05. The molecule has 0 saturated carbocycles. The van der Waals surface area contributed by atoms with Crippen LogP contribution < -0.4 is 0 Å². The molecule has 1 aromatic rings. The lowest BCUT2D eigenvalue weighted by Gasteiger charge is -2.34. The highest BCUT2D eigenvalue weighted by atomic mass is 79.9. The molecule has 1 aliphatic heterocycles. The molecule has 0 bridgehead atoms. The summed E-state index contributed by atoms with van der Waals surface area (Å²) in [5.41, 5.74) is -0.752. The van der Waals surface area contributed by atoms with Gasteiger partial charge in [-0.05, 0) is 57.7 Å². The van der Waals surface area contributed by atoms with Crippen LogP contribution in [-0.4, -0.2) is 36.5 Å². The van der Waals surface area contributed by atoms with Crippen LogP contribution in [0.25, 0.3) is 0 Å². The van der Waals surface area contributed by atoms with Gasteiger partial charge in [-0.3, -0.25) is 0 Å². The summed E-state index contributed by atoms with van der Waals surface area (Å²) in [6.07, 6.45) is 0.935. The molecule has 0 atom stereocenters. The number of rotatable bonds is 2. The van der Waals surface area contributed by atoms with Crippen molar-refractivity contribution in [1.29, 1.82) is 0 Å². The van der Waals surface area contributed by atoms with Crippen LogP contribution in [-0.2, 0) is 10.0 Å². The van der Waals surface area contributed by atoms with E-state index in [2.05, 4.69) is 31.9 Å². The molecule has 18 heavy (non-hydrogen) atoms.